The van der Waals surface area contributed by atoms with Crippen molar-refractivity contribution in [3.8, 4) is 5.75 Å². The fourth-order valence-electron chi connectivity index (χ4n) is 5.36. The third-order valence-electron chi connectivity index (χ3n) is 7.87. The summed E-state index contributed by atoms with van der Waals surface area (Å²) in [6.07, 6.45) is -6.76. The van der Waals surface area contributed by atoms with Gasteiger partial charge in [0.2, 0.25) is 5.78 Å². The van der Waals surface area contributed by atoms with Gasteiger partial charge in [-0.05, 0) is 11.5 Å². The molecule has 0 bridgehead atoms. The smallest absolute Gasteiger partial charge is 0.460 e. The van der Waals surface area contributed by atoms with Gasteiger partial charge in [-0.2, -0.15) is 30.7 Å². The second kappa shape index (κ2) is 14.9. The van der Waals surface area contributed by atoms with E-state index in [1.54, 1.807) is 18.2 Å². The number of carbonyl (C=O) groups excluding carboxylic acids is 1. The van der Waals surface area contributed by atoms with E-state index < -0.39 is 47.8 Å². The van der Waals surface area contributed by atoms with Gasteiger partial charge >= 0.3 is 18.0 Å². The summed E-state index contributed by atoms with van der Waals surface area (Å²) < 4.78 is 106. The normalized spacial score (nSPS) is 12.2. The maximum Gasteiger partial charge on any atom is 0.460 e. The van der Waals surface area contributed by atoms with E-state index in [4.69, 9.17) is 0 Å². The third-order valence-corrected chi connectivity index (χ3v) is 10.9. The molecule has 1 heterocycles. The number of Topliss-reactive ketones (excluding diaryl/α,β-unsaturated/α-hetero) is 1. The predicted octanol–water partition coefficient (Wildman–Crippen LogP) is 7.74. The van der Waals surface area contributed by atoms with E-state index in [-0.39, 0.29) is 60.3 Å². The second-order valence-electron chi connectivity index (χ2n) is 10.9. The fraction of sp³-hybridized carbons (Fsp3) is 0.111. The van der Waals surface area contributed by atoms with Crippen molar-refractivity contribution < 1.29 is 94.6 Å². The summed E-state index contributed by atoms with van der Waals surface area (Å²) in [4.78, 5) is 24.4. The Balaban J connectivity index is 0.000000234. The van der Waals surface area contributed by atoms with E-state index in [2.05, 4.69) is 0 Å². The van der Waals surface area contributed by atoms with Crippen LogP contribution in [0.1, 0.15) is 10.4 Å². The van der Waals surface area contributed by atoms with Gasteiger partial charge in [-0.3, -0.25) is 9.59 Å². The zero-order valence-corrected chi connectivity index (χ0v) is 29.0. The number of alkyl halides is 7. The minimum atomic E-state index is -6.76. The van der Waals surface area contributed by atoms with Crippen molar-refractivity contribution in [1.82, 2.24) is 4.57 Å². The minimum Gasteiger partial charge on any atom is -0.506 e. The number of pyridine rings is 1. The van der Waals surface area contributed by atoms with Crippen LogP contribution in [0, 0.1) is 49.4 Å². The van der Waals surface area contributed by atoms with Crippen molar-refractivity contribution in [2.45, 2.75) is 18.0 Å². The number of ketones is 1. The summed E-state index contributed by atoms with van der Waals surface area (Å²) in [5.74, 6) is -17.6. The Morgan fingerprint density at radius 3 is 1.50 bits per heavy atom. The molecule has 0 aliphatic rings. The first-order chi connectivity index (χ1) is 23.0. The zero-order chi connectivity index (χ0) is 35.8. The van der Waals surface area contributed by atoms with Crippen molar-refractivity contribution in [3.63, 3.8) is 0 Å². The van der Waals surface area contributed by atoms with Gasteiger partial charge in [0.1, 0.15) is 11.3 Å². The van der Waals surface area contributed by atoms with E-state index in [1.165, 1.54) is 12.1 Å². The van der Waals surface area contributed by atoms with E-state index in [9.17, 15) is 50.0 Å². The number of benzene rings is 5. The third kappa shape index (κ3) is 6.85. The Kier molecular flexibility index (Phi) is 11.7. The molecule has 1 aromatic heterocycles. The van der Waals surface area contributed by atoms with Crippen LogP contribution in [0.15, 0.2) is 132 Å². The standard InChI is InChI=1S/C18H10F7NO3.C18H15OP.Eu/c1-26-12-9-5-3-2-4-8(9)6-7-10(12)13(27)11(15(26)29)14(28)16(19,20)17(21,22)18(23,24)25;19-20(16-10-4-1-5-11-16,17-12-6-2-7-13-17)18-14-8-3-9-15-18;/h2-7,27H,1H3;1-15H;. The van der Waals surface area contributed by atoms with Crippen LogP contribution in [0.5, 0.6) is 5.75 Å². The number of hydrogen-bond acceptors (Lipinski definition) is 4. The second-order valence-corrected chi connectivity index (χ2v) is 13.6. The zero-order valence-electron chi connectivity index (χ0n) is 25.7. The van der Waals surface area contributed by atoms with Crippen molar-refractivity contribution >= 4 is 50.5 Å². The van der Waals surface area contributed by atoms with Crippen LogP contribution >= 0.6 is 7.14 Å². The largest absolute Gasteiger partial charge is 0.506 e. The van der Waals surface area contributed by atoms with Crippen LogP contribution in [0.3, 0.4) is 0 Å². The SMILES string of the molecule is Cn1c(=O)c(C(=O)C(F)(F)C(F)(F)C(F)(F)F)c(O)c2ccc3ccccc3c21.O=P(c1ccccc1)(c1ccccc1)c1ccccc1.[Eu]. The summed E-state index contributed by atoms with van der Waals surface area (Å²) in [6.45, 7) is 0. The first kappa shape index (κ1) is 39.2. The molecule has 259 valence electrons. The molecule has 1 radical (unpaired) electrons. The average molecular weight is 852 g/mol. The molecule has 6 rings (SSSR count). The molecule has 0 fully saturated rings. The molecule has 5 nitrogen and oxygen atoms in total. The first-order valence-electron chi connectivity index (χ1n) is 14.4. The molecule has 6 aromatic rings. The Morgan fingerprint density at radius 2 is 1.06 bits per heavy atom. The summed E-state index contributed by atoms with van der Waals surface area (Å²) in [5, 5.41) is 13.4. The van der Waals surface area contributed by atoms with Crippen molar-refractivity contribution in [2.75, 3.05) is 0 Å². The van der Waals surface area contributed by atoms with Crippen molar-refractivity contribution in [1.29, 1.82) is 0 Å². The molecule has 0 saturated heterocycles. The number of aryl methyl sites for hydroxylation is 1. The van der Waals surface area contributed by atoms with Crippen LogP contribution in [0.25, 0.3) is 21.7 Å². The first-order valence-corrected chi connectivity index (χ1v) is 16.1. The molecule has 14 heteroatoms. The molecule has 0 spiro atoms. The number of carbonyl (C=O) groups is 1. The van der Waals surface area contributed by atoms with Gasteiger partial charge in [0.15, 0.2) is 7.14 Å². The number of aromatic hydroxyl groups is 1. The molecular formula is C36H25EuF7NO4P. The summed E-state index contributed by atoms with van der Waals surface area (Å²) >= 11 is 0. The topological polar surface area (TPSA) is 76.4 Å². The molecule has 5 aromatic carbocycles. The van der Waals surface area contributed by atoms with Crippen molar-refractivity contribution in [3.05, 3.63) is 143 Å². The quantitative estimate of drug-likeness (QED) is 0.0806. The molecule has 0 amide bonds. The molecule has 50 heavy (non-hydrogen) atoms. The van der Waals surface area contributed by atoms with E-state index in [0.29, 0.717) is 15.3 Å². The Bertz CT molecular complexity index is 2160. The minimum absolute atomic E-state index is 0. The van der Waals surface area contributed by atoms with Crippen molar-refractivity contribution in [2.24, 2.45) is 7.05 Å². The maximum atomic E-state index is 13.8. The Hall–Kier alpha value is -3.64. The van der Waals surface area contributed by atoms with Gasteiger partial charge < -0.3 is 14.2 Å². The van der Waals surface area contributed by atoms with Gasteiger partial charge in [-0.15, -0.1) is 0 Å². The average Bonchev–Trinajstić information content (AvgIpc) is 3.10. The fourth-order valence-corrected chi connectivity index (χ4v) is 8.03. The van der Waals surface area contributed by atoms with Crippen LogP contribution in [0.2, 0.25) is 0 Å². The molecule has 0 saturated carbocycles. The number of nitrogens with zero attached hydrogens (tertiary/aromatic N) is 1. The number of aromatic nitrogens is 1. The Labute approximate surface area is 321 Å². The van der Waals surface area contributed by atoms with E-state index in [0.717, 1.165) is 29.0 Å². The van der Waals surface area contributed by atoms with Gasteiger partial charge in [0.25, 0.3) is 5.56 Å². The van der Waals surface area contributed by atoms with E-state index in [1.807, 2.05) is 91.0 Å². The van der Waals surface area contributed by atoms with Gasteiger partial charge in [-0.1, -0.05) is 121 Å². The van der Waals surface area contributed by atoms with Gasteiger partial charge in [-0.25, -0.2) is 0 Å². The molecule has 0 atom stereocenters. The number of fused-ring (bicyclic) bond motifs is 3. The maximum absolute atomic E-state index is 13.8. The Morgan fingerprint density at radius 1 is 0.640 bits per heavy atom. The van der Waals surface area contributed by atoms with E-state index >= 15 is 0 Å². The molecular weight excluding hydrogens is 826 g/mol. The van der Waals surface area contributed by atoms with Gasteiger partial charge in [0, 0.05) is 83.1 Å². The molecule has 0 aliphatic carbocycles. The van der Waals surface area contributed by atoms with Crippen LogP contribution < -0.4 is 21.5 Å². The monoisotopic (exact) mass is 852 g/mol. The molecule has 0 aliphatic heterocycles. The van der Waals surface area contributed by atoms with Crippen LogP contribution in [-0.4, -0.2) is 33.5 Å². The molecule has 0 unspecified atom stereocenters. The number of hydrogen-bond donors (Lipinski definition) is 1. The number of rotatable bonds is 6. The molecule has 1 N–H and O–H groups in total. The summed E-state index contributed by atoms with van der Waals surface area (Å²) in [6, 6.07) is 38.0. The van der Waals surface area contributed by atoms with Crippen LogP contribution in [-0.2, 0) is 11.6 Å². The van der Waals surface area contributed by atoms with Crippen LogP contribution in [0.4, 0.5) is 30.7 Å². The van der Waals surface area contributed by atoms with Gasteiger partial charge in [0.05, 0.1) is 5.52 Å². The summed E-state index contributed by atoms with van der Waals surface area (Å²) in [5.41, 5.74) is -3.52. The summed E-state index contributed by atoms with van der Waals surface area (Å²) in [7, 11) is -1.77. The predicted molar refractivity (Wildman–Crippen MR) is 174 cm³/mol. The number of halogens is 7.